The summed E-state index contributed by atoms with van der Waals surface area (Å²) in [5.41, 5.74) is 2.83. The fourth-order valence-corrected chi connectivity index (χ4v) is 3.48. The molecule has 0 bridgehead atoms. The third kappa shape index (κ3) is 2.05. The molecule has 0 fully saturated rings. The maximum Gasteiger partial charge on any atom is 0.0975 e. The lowest BCUT2D eigenvalue weighted by atomic mass is 9.99. The molecule has 0 aliphatic rings. The van der Waals surface area contributed by atoms with E-state index in [1.807, 2.05) is 13.1 Å². The van der Waals surface area contributed by atoms with E-state index in [9.17, 15) is 0 Å². The summed E-state index contributed by atoms with van der Waals surface area (Å²) in [7, 11) is 0. The van der Waals surface area contributed by atoms with E-state index in [1.54, 1.807) is 0 Å². The van der Waals surface area contributed by atoms with E-state index in [1.165, 1.54) is 10.8 Å². The van der Waals surface area contributed by atoms with E-state index >= 15 is 0 Å². The van der Waals surface area contributed by atoms with Crippen LogP contribution in [-0.2, 0) is 0 Å². The summed E-state index contributed by atoms with van der Waals surface area (Å²) < 4.78 is 2.10. The van der Waals surface area contributed by atoms with Gasteiger partial charge in [0.1, 0.15) is 0 Å². The molecule has 0 unspecified atom stereocenters. The first-order valence-electron chi connectivity index (χ1n) is 6.57. The van der Waals surface area contributed by atoms with E-state index in [0.717, 1.165) is 36.4 Å². The highest BCUT2D eigenvalue weighted by Crippen LogP contribution is 2.35. The topological polar surface area (TPSA) is 25.8 Å². The summed E-state index contributed by atoms with van der Waals surface area (Å²) >= 11 is 7.11. The van der Waals surface area contributed by atoms with Crippen LogP contribution >= 0.6 is 31.9 Å². The first-order valence-corrected chi connectivity index (χ1v) is 8.16. The minimum absolute atomic E-state index is 0.929. The van der Waals surface area contributed by atoms with Crippen LogP contribution in [0.4, 0.5) is 0 Å². The highest BCUT2D eigenvalue weighted by atomic mass is 79.9. The van der Waals surface area contributed by atoms with Gasteiger partial charge in [-0.15, -0.1) is 0 Å². The SMILES string of the molecule is Cc1cnc2c3cc(Br)ccc3c3ccc(Br)cc3c2n1. The Kier molecular flexibility index (Phi) is 2.98. The average Bonchev–Trinajstić information content (AvgIpc) is 2.47. The number of nitrogens with zero attached hydrogens (tertiary/aromatic N) is 2. The molecule has 0 aliphatic carbocycles. The van der Waals surface area contributed by atoms with Crippen molar-refractivity contribution in [3.8, 4) is 0 Å². The number of fused-ring (bicyclic) bond motifs is 6. The number of halogens is 2. The molecule has 0 saturated carbocycles. The molecule has 3 aromatic carbocycles. The summed E-state index contributed by atoms with van der Waals surface area (Å²) in [5.74, 6) is 0. The van der Waals surface area contributed by atoms with Crippen LogP contribution in [0.15, 0.2) is 51.5 Å². The van der Waals surface area contributed by atoms with Crippen LogP contribution in [-0.4, -0.2) is 9.97 Å². The lowest BCUT2D eigenvalue weighted by Crippen LogP contribution is -1.91. The van der Waals surface area contributed by atoms with Gasteiger partial charge in [0.15, 0.2) is 0 Å². The standard InChI is InChI=1S/C17H10Br2N2/c1-9-8-20-16-14-6-10(18)2-4-12(14)13-5-3-11(19)7-15(13)17(16)21-9/h2-8H,1H3. The molecule has 2 nitrogen and oxygen atoms in total. The molecule has 0 radical (unpaired) electrons. The zero-order valence-corrected chi connectivity index (χ0v) is 14.4. The third-order valence-corrected chi connectivity index (χ3v) is 4.64. The lowest BCUT2D eigenvalue weighted by molar-refractivity contribution is 1.19. The van der Waals surface area contributed by atoms with Crippen molar-refractivity contribution in [2.75, 3.05) is 0 Å². The Morgan fingerprint density at radius 2 is 1.33 bits per heavy atom. The molecule has 1 aromatic heterocycles. The molecule has 0 atom stereocenters. The molecule has 21 heavy (non-hydrogen) atoms. The zero-order chi connectivity index (χ0) is 14.6. The predicted octanol–water partition coefficient (Wildman–Crippen LogP) is 5.77. The van der Waals surface area contributed by atoms with Gasteiger partial charge in [-0.2, -0.15) is 0 Å². The fourth-order valence-electron chi connectivity index (χ4n) is 2.76. The Morgan fingerprint density at radius 1 is 0.762 bits per heavy atom. The predicted molar refractivity (Wildman–Crippen MR) is 94.7 cm³/mol. The highest BCUT2D eigenvalue weighted by Gasteiger charge is 2.11. The van der Waals surface area contributed by atoms with Crippen molar-refractivity contribution in [2.24, 2.45) is 0 Å². The second-order valence-corrected chi connectivity index (χ2v) is 6.92. The molecular weight excluding hydrogens is 392 g/mol. The van der Waals surface area contributed by atoms with E-state index in [2.05, 4.69) is 73.2 Å². The van der Waals surface area contributed by atoms with Gasteiger partial charge in [0, 0.05) is 25.9 Å². The van der Waals surface area contributed by atoms with Crippen molar-refractivity contribution >= 4 is 64.4 Å². The summed E-state index contributed by atoms with van der Waals surface area (Å²) in [6, 6.07) is 12.6. The van der Waals surface area contributed by atoms with Gasteiger partial charge in [0.25, 0.3) is 0 Å². The minimum atomic E-state index is 0.929. The Bertz CT molecular complexity index is 1030. The third-order valence-electron chi connectivity index (χ3n) is 3.66. The number of hydrogen-bond donors (Lipinski definition) is 0. The summed E-state index contributed by atoms with van der Waals surface area (Å²) in [6.07, 6.45) is 1.83. The van der Waals surface area contributed by atoms with Crippen LogP contribution in [0, 0.1) is 6.92 Å². The van der Waals surface area contributed by atoms with Gasteiger partial charge in [-0.05, 0) is 42.0 Å². The molecule has 4 heteroatoms. The average molecular weight is 402 g/mol. The van der Waals surface area contributed by atoms with E-state index in [4.69, 9.17) is 4.98 Å². The van der Waals surface area contributed by atoms with Crippen molar-refractivity contribution in [1.29, 1.82) is 0 Å². The van der Waals surface area contributed by atoms with Gasteiger partial charge < -0.3 is 0 Å². The van der Waals surface area contributed by atoms with Crippen LogP contribution < -0.4 is 0 Å². The first kappa shape index (κ1) is 13.2. The number of aryl methyl sites for hydroxylation is 1. The second kappa shape index (κ2) is 4.75. The molecule has 4 rings (SSSR count). The smallest absolute Gasteiger partial charge is 0.0975 e. The second-order valence-electron chi connectivity index (χ2n) is 5.09. The van der Waals surface area contributed by atoms with Gasteiger partial charge in [-0.3, -0.25) is 4.98 Å². The van der Waals surface area contributed by atoms with Gasteiger partial charge >= 0.3 is 0 Å². The van der Waals surface area contributed by atoms with Crippen LogP contribution in [0.5, 0.6) is 0 Å². The van der Waals surface area contributed by atoms with Crippen LogP contribution in [0.3, 0.4) is 0 Å². The Morgan fingerprint density at radius 3 is 1.95 bits per heavy atom. The van der Waals surface area contributed by atoms with Crippen molar-refractivity contribution in [1.82, 2.24) is 9.97 Å². The number of rotatable bonds is 0. The lowest BCUT2D eigenvalue weighted by Gasteiger charge is -2.10. The van der Waals surface area contributed by atoms with Gasteiger partial charge in [-0.1, -0.05) is 44.0 Å². The number of benzene rings is 3. The van der Waals surface area contributed by atoms with Crippen molar-refractivity contribution in [3.63, 3.8) is 0 Å². The molecule has 0 aliphatic heterocycles. The summed E-state index contributed by atoms with van der Waals surface area (Å²) in [4.78, 5) is 9.36. The maximum absolute atomic E-state index is 4.73. The fraction of sp³-hybridized carbons (Fsp3) is 0.0588. The Hall–Kier alpha value is -1.52. The molecule has 0 N–H and O–H groups in total. The van der Waals surface area contributed by atoms with E-state index in [-0.39, 0.29) is 0 Å². The molecule has 1 heterocycles. The molecular formula is C17H10Br2N2. The van der Waals surface area contributed by atoms with Gasteiger partial charge in [0.2, 0.25) is 0 Å². The molecule has 4 aromatic rings. The van der Waals surface area contributed by atoms with Crippen molar-refractivity contribution in [2.45, 2.75) is 6.92 Å². The van der Waals surface area contributed by atoms with Crippen LogP contribution in [0.25, 0.3) is 32.6 Å². The maximum atomic E-state index is 4.73. The Balaban J connectivity index is 2.39. The monoisotopic (exact) mass is 400 g/mol. The van der Waals surface area contributed by atoms with Crippen molar-refractivity contribution < 1.29 is 0 Å². The molecule has 0 spiro atoms. The largest absolute Gasteiger partial charge is 0.252 e. The van der Waals surface area contributed by atoms with Crippen molar-refractivity contribution in [3.05, 3.63) is 57.2 Å². The van der Waals surface area contributed by atoms with E-state index < -0.39 is 0 Å². The molecule has 102 valence electrons. The molecule has 0 saturated heterocycles. The highest BCUT2D eigenvalue weighted by molar-refractivity contribution is 9.10. The summed E-state index contributed by atoms with van der Waals surface area (Å²) in [6.45, 7) is 1.97. The zero-order valence-electron chi connectivity index (χ0n) is 11.2. The first-order chi connectivity index (χ1) is 10.1. The Labute approximate surface area is 138 Å². The normalized spacial score (nSPS) is 11.6. The molecule has 0 amide bonds. The van der Waals surface area contributed by atoms with E-state index in [0.29, 0.717) is 0 Å². The van der Waals surface area contributed by atoms with Gasteiger partial charge in [-0.25, -0.2) is 4.98 Å². The number of hydrogen-bond acceptors (Lipinski definition) is 2. The van der Waals surface area contributed by atoms with Crippen LogP contribution in [0.2, 0.25) is 0 Å². The van der Waals surface area contributed by atoms with Gasteiger partial charge in [0.05, 0.1) is 16.7 Å². The minimum Gasteiger partial charge on any atom is -0.252 e. The number of aromatic nitrogens is 2. The summed E-state index contributed by atoms with van der Waals surface area (Å²) in [5, 5.41) is 4.66. The van der Waals surface area contributed by atoms with Crippen LogP contribution in [0.1, 0.15) is 5.69 Å². The quantitative estimate of drug-likeness (QED) is 0.349.